The van der Waals surface area contributed by atoms with E-state index in [1.807, 2.05) is 6.07 Å². The van der Waals surface area contributed by atoms with E-state index < -0.39 is 6.03 Å². The molecule has 6 heteroatoms. The maximum atomic E-state index is 11.5. The van der Waals surface area contributed by atoms with Crippen LogP contribution in [0.2, 0.25) is 10.0 Å². The fourth-order valence-corrected chi connectivity index (χ4v) is 1.32. The molecule has 0 aliphatic heterocycles. The Morgan fingerprint density at radius 2 is 2.25 bits per heavy atom. The lowest BCUT2D eigenvalue weighted by atomic mass is 10.3. The fraction of sp³-hybridized carbons (Fsp3) is 0.200. The molecule has 4 nitrogen and oxygen atoms in total. The predicted octanol–water partition coefficient (Wildman–Crippen LogP) is 2.98. The number of amides is 2. The van der Waals surface area contributed by atoms with Crippen LogP contribution in [0.15, 0.2) is 18.2 Å². The number of halogens is 2. The minimum atomic E-state index is -0.411. The number of nitrogens with one attached hydrogen (secondary N) is 1. The van der Waals surface area contributed by atoms with Crippen molar-refractivity contribution in [2.24, 2.45) is 0 Å². The molecule has 0 unspecified atom stereocenters. The first-order valence-corrected chi connectivity index (χ1v) is 5.14. The first-order valence-electron chi connectivity index (χ1n) is 4.38. The van der Waals surface area contributed by atoms with Crippen molar-refractivity contribution < 1.29 is 4.79 Å². The Kier molecular flexibility index (Phi) is 4.41. The van der Waals surface area contributed by atoms with Crippen molar-refractivity contribution >= 4 is 34.9 Å². The maximum Gasteiger partial charge on any atom is 0.322 e. The number of carbonyl (C=O) groups excluding carboxylic acids is 1. The van der Waals surface area contributed by atoms with Crippen LogP contribution in [0.4, 0.5) is 10.5 Å². The van der Waals surface area contributed by atoms with Crippen molar-refractivity contribution in [3.63, 3.8) is 0 Å². The van der Waals surface area contributed by atoms with Gasteiger partial charge in [-0.3, -0.25) is 0 Å². The van der Waals surface area contributed by atoms with E-state index in [2.05, 4.69) is 5.32 Å². The Balaban J connectivity index is 2.77. The smallest absolute Gasteiger partial charge is 0.314 e. The fourth-order valence-electron chi connectivity index (χ4n) is 0.982. The first kappa shape index (κ1) is 12.6. The van der Waals surface area contributed by atoms with Gasteiger partial charge in [-0.1, -0.05) is 23.2 Å². The Hall–Kier alpha value is -1.44. The zero-order valence-electron chi connectivity index (χ0n) is 8.50. The molecule has 1 aromatic carbocycles. The van der Waals surface area contributed by atoms with Gasteiger partial charge in [0.25, 0.3) is 0 Å². The van der Waals surface area contributed by atoms with Crippen LogP contribution in [0.1, 0.15) is 0 Å². The van der Waals surface area contributed by atoms with Crippen molar-refractivity contribution in [2.75, 3.05) is 18.9 Å². The van der Waals surface area contributed by atoms with Crippen LogP contribution in [0.25, 0.3) is 0 Å². The summed E-state index contributed by atoms with van der Waals surface area (Å²) in [6.07, 6.45) is 0. The molecule has 2 amide bonds. The quantitative estimate of drug-likeness (QED) is 0.829. The summed E-state index contributed by atoms with van der Waals surface area (Å²) < 4.78 is 0. The summed E-state index contributed by atoms with van der Waals surface area (Å²) >= 11 is 11.6. The summed E-state index contributed by atoms with van der Waals surface area (Å²) in [4.78, 5) is 12.8. The van der Waals surface area contributed by atoms with Crippen LogP contribution < -0.4 is 5.32 Å². The van der Waals surface area contributed by atoms with E-state index >= 15 is 0 Å². The van der Waals surface area contributed by atoms with Crippen molar-refractivity contribution in [3.8, 4) is 6.07 Å². The molecule has 0 bridgehead atoms. The number of hydrogen-bond donors (Lipinski definition) is 1. The second-order valence-electron chi connectivity index (χ2n) is 3.07. The molecule has 0 aliphatic carbocycles. The van der Waals surface area contributed by atoms with Crippen molar-refractivity contribution in [1.29, 1.82) is 5.26 Å². The van der Waals surface area contributed by atoms with Crippen LogP contribution in [-0.4, -0.2) is 24.5 Å². The number of nitrogens with zero attached hydrogens (tertiary/aromatic N) is 2. The van der Waals surface area contributed by atoms with Gasteiger partial charge in [0.15, 0.2) is 0 Å². The Bertz CT molecular complexity index is 442. The van der Waals surface area contributed by atoms with Gasteiger partial charge < -0.3 is 10.2 Å². The van der Waals surface area contributed by atoms with Gasteiger partial charge >= 0.3 is 6.03 Å². The van der Waals surface area contributed by atoms with Crippen LogP contribution >= 0.6 is 23.2 Å². The number of rotatable bonds is 2. The summed E-state index contributed by atoms with van der Waals surface area (Å²) in [6.45, 7) is 0.00399. The normalized spacial score (nSPS) is 9.38. The molecule has 84 valence electrons. The zero-order valence-corrected chi connectivity index (χ0v) is 10.0. The van der Waals surface area contributed by atoms with Crippen molar-refractivity contribution in [1.82, 2.24) is 4.90 Å². The highest BCUT2D eigenvalue weighted by atomic mass is 35.5. The molecule has 1 aromatic rings. The monoisotopic (exact) mass is 257 g/mol. The van der Waals surface area contributed by atoms with Crippen LogP contribution in [0.5, 0.6) is 0 Å². The molecular formula is C10H9Cl2N3O. The number of hydrogen-bond acceptors (Lipinski definition) is 2. The largest absolute Gasteiger partial charge is 0.322 e. The maximum absolute atomic E-state index is 11.5. The molecule has 0 radical (unpaired) electrons. The Morgan fingerprint density at radius 1 is 1.56 bits per heavy atom. The van der Waals surface area contributed by atoms with E-state index in [1.54, 1.807) is 18.2 Å². The topological polar surface area (TPSA) is 56.1 Å². The minimum absolute atomic E-state index is 0.00399. The summed E-state index contributed by atoms with van der Waals surface area (Å²) in [7, 11) is 1.51. The van der Waals surface area contributed by atoms with Gasteiger partial charge in [0.1, 0.15) is 6.54 Å². The van der Waals surface area contributed by atoms with E-state index in [9.17, 15) is 4.79 Å². The summed E-state index contributed by atoms with van der Waals surface area (Å²) in [5, 5.41) is 11.9. The highest BCUT2D eigenvalue weighted by Gasteiger charge is 2.10. The van der Waals surface area contributed by atoms with Crippen molar-refractivity contribution in [3.05, 3.63) is 28.2 Å². The lowest BCUT2D eigenvalue weighted by molar-refractivity contribution is 0.227. The standard InChI is InChI=1S/C10H9Cl2N3O/c1-15(5-4-13)10(16)14-9-6-7(11)2-3-8(9)12/h2-3,6H,5H2,1H3,(H,14,16). The number of urea groups is 1. The molecule has 1 rings (SSSR count). The van der Waals surface area contributed by atoms with Gasteiger partial charge in [-0.05, 0) is 18.2 Å². The van der Waals surface area contributed by atoms with Gasteiger partial charge in [-0.2, -0.15) is 5.26 Å². The molecule has 0 saturated heterocycles. The minimum Gasteiger partial charge on any atom is -0.314 e. The zero-order chi connectivity index (χ0) is 12.1. The Morgan fingerprint density at radius 3 is 2.88 bits per heavy atom. The number of nitriles is 1. The summed E-state index contributed by atoms with van der Waals surface area (Å²) in [6, 6.07) is 6.21. The van der Waals surface area contributed by atoms with E-state index in [0.717, 1.165) is 0 Å². The third kappa shape index (κ3) is 3.30. The highest BCUT2D eigenvalue weighted by Crippen LogP contribution is 2.25. The highest BCUT2D eigenvalue weighted by molar-refractivity contribution is 6.35. The molecule has 0 saturated carbocycles. The number of carbonyl (C=O) groups is 1. The van der Waals surface area contributed by atoms with Crippen LogP contribution in [0.3, 0.4) is 0 Å². The third-order valence-corrected chi connectivity index (χ3v) is 2.39. The lowest BCUT2D eigenvalue weighted by Gasteiger charge is -2.15. The average molecular weight is 258 g/mol. The molecule has 0 fully saturated rings. The van der Waals surface area contributed by atoms with Gasteiger partial charge in [-0.15, -0.1) is 0 Å². The average Bonchev–Trinajstić information content (AvgIpc) is 2.23. The van der Waals surface area contributed by atoms with E-state index in [1.165, 1.54) is 11.9 Å². The summed E-state index contributed by atoms with van der Waals surface area (Å²) in [5.74, 6) is 0. The predicted molar refractivity (Wildman–Crippen MR) is 63.7 cm³/mol. The SMILES string of the molecule is CN(CC#N)C(=O)Nc1cc(Cl)ccc1Cl. The molecule has 0 atom stereocenters. The van der Waals surface area contributed by atoms with Crippen molar-refractivity contribution in [2.45, 2.75) is 0 Å². The first-order chi connectivity index (χ1) is 7.54. The molecular weight excluding hydrogens is 249 g/mol. The van der Waals surface area contributed by atoms with Crippen LogP contribution in [-0.2, 0) is 0 Å². The van der Waals surface area contributed by atoms with E-state index in [4.69, 9.17) is 28.5 Å². The molecule has 0 spiro atoms. The summed E-state index contributed by atoms with van der Waals surface area (Å²) in [5.41, 5.74) is 0.420. The number of anilines is 1. The molecule has 0 aliphatic rings. The molecule has 16 heavy (non-hydrogen) atoms. The Labute approximate surface area is 103 Å². The molecule has 1 N–H and O–H groups in total. The molecule has 0 aromatic heterocycles. The van der Waals surface area contributed by atoms with E-state index in [0.29, 0.717) is 15.7 Å². The lowest BCUT2D eigenvalue weighted by Crippen LogP contribution is -2.31. The third-order valence-electron chi connectivity index (χ3n) is 1.82. The molecule has 0 heterocycles. The van der Waals surface area contributed by atoms with Gasteiger partial charge in [-0.25, -0.2) is 4.79 Å². The van der Waals surface area contributed by atoms with Gasteiger partial charge in [0.05, 0.1) is 16.8 Å². The second-order valence-corrected chi connectivity index (χ2v) is 3.91. The van der Waals surface area contributed by atoms with Gasteiger partial charge in [0, 0.05) is 12.1 Å². The second kappa shape index (κ2) is 5.59. The number of benzene rings is 1. The van der Waals surface area contributed by atoms with E-state index in [-0.39, 0.29) is 6.54 Å². The van der Waals surface area contributed by atoms with Crippen LogP contribution in [0, 0.1) is 11.3 Å². The van der Waals surface area contributed by atoms with Gasteiger partial charge in [0.2, 0.25) is 0 Å².